The van der Waals surface area contributed by atoms with Crippen molar-refractivity contribution in [3.05, 3.63) is 18.2 Å². The highest BCUT2D eigenvalue weighted by atomic mass is 16.5. The van der Waals surface area contributed by atoms with E-state index in [1.165, 1.54) is 24.9 Å². The van der Waals surface area contributed by atoms with E-state index in [2.05, 4.69) is 15.9 Å². The van der Waals surface area contributed by atoms with Crippen molar-refractivity contribution in [3.63, 3.8) is 0 Å². The molecular weight excluding hydrogens is 278 g/mol. The summed E-state index contributed by atoms with van der Waals surface area (Å²) in [6.07, 6.45) is 4.03. The fraction of sp³-hybridized carbons (Fsp3) is 0.647. The summed E-state index contributed by atoms with van der Waals surface area (Å²) in [6.45, 7) is 4.10. The molecule has 2 bridgehead atoms. The highest BCUT2D eigenvalue weighted by Gasteiger charge is 2.47. The first kappa shape index (κ1) is 13.0. The van der Waals surface area contributed by atoms with Gasteiger partial charge in [-0.2, -0.15) is 0 Å². The SMILES string of the molecule is Nc1ccc(N2CC3CC2CN3C2COC2)c(OC2CC2)c1. The molecular formula is C17H23N3O2. The minimum atomic E-state index is 0.406. The van der Waals surface area contributed by atoms with Crippen molar-refractivity contribution >= 4 is 11.4 Å². The third-order valence-corrected chi connectivity index (χ3v) is 5.48. The van der Waals surface area contributed by atoms with E-state index in [-0.39, 0.29) is 0 Å². The number of ether oxygens (including phenoxy) is 2. The Morgan fingerprint density at radius 3 is 2.59 bits per heavy atom. The maximum absolute atomic E-state index is 6.11. The van der Waals surface area contributed by atoms with E-state index in [4.69, 9.17) is 15.2 Å². The number of fused-ring (bicyclic) bond motifs is 2. The van der Waals surface area contributed by atoms with E-state index in [1.807, 2.05) is 12.1 Å². The summed E-state index contributed by atoms with van der Waals surface area (Å²) < 4.78 is 11.5. The average molecular weight is 301 g/mol. The van der Waals surface area contributed by atoms with Crippen molar-refractivity contribution in [1.82, 2.24) is 4.90 Å². The number of likely N-dealkylation sites (tertiary alicyclic amines) is 1. The first-order valence-electron chi connectivity index (χ1n) is 8.44. The Bertz CT molecular complexity index is 585. The van der Waals surface area contributed by atoms with Crippen LogP contribution in [-0.2, 0) is 4.74 Å². The molecule has 2 N–H and O–H groups in total. The van der Waals surface area contributed by atoms with Gasteiger partial charge in [0.05, 0.1) is 31.0 Å². The van der Waals surface area contributed by atoms with Gasteiger partial charge in [-0.05, 0) is 31.4 Å². The molecule has 0 radical (unpaired) electrons. The number of hydrogen-bond donors (Lipinski definition) is 1. The molecule has 1 aliphatic carbocycles. The van der Waals surface area contributed by atoms with Crippen LogP contribution in [0.15, 0.2) is 18.2 Å². The Morgan fingerprint density at radius 2 is 1.95 bits per heavy atom. The predicted molar refractivity (Wildman–Crippen MR) is 85.4 cm³/mol. The lowest BCUT2D eigenvalue weighted by Gasteiger charge is -2.43. The molecule has 3 heterocycles. The molecule has 1 aromatic rings. The van der Waals surface area contributed by atoms with E-state index < -0.39 is 0 Å². The number of nitrogen functional groups attached to an aromatic ring is 1. The Kier molecular flexibility index (Phi) is 2.82. The number of anilines is 2. The summed E-state index contributed by atoms with van der Waals surface area (Å²) >= 11 is 0. The summed E-state index contributed by atoms with van der Waals surface area (Å²) in [7, 11) is 0. The standard InChI is InChI=1S/C17H23N3O2/c18-11-1-4-16(17(5-11)22-15-2-3-15)20-8-12-6-13(20)7-19(12)14-9-21-10-14/h1,4-5,12-15H,2-3,6-10,18H2. The van der Waals surface area contributed by atoms with E-state index >= 15 is 0 Å². The van der Waals surface area contributed by atoms with Gasteiger partial charge in [-0.3, -0.25) is 4.90 Å². The fourth-order valence-corrected chi connectivity index (χ4v) is 4.08. The molecule has 2 unspecified atom stereocenters. The molecule has 2 atom stereocenters. The minimum Gasteiger partial charge on any atom is -0.488 e. The number of nitrogens with two attached hydrogens (primary N) is 1. The number of benzene rings is 1. The zero-order valence-electron chi connectivity index (χ0n) is 12.8. The normalized spacial score (nSPS) is 31.5. The topological polar surface area (TPSA) is 51.0 Å². The summed E-state index contributed by atoms with van der Waals surface area (Å²) in [6, 6.07) is 8.08. The quantitative estimate of drug-likeness (QED) is 0.854. The van der Waals surface area contributed by atoms with Crippen LogP contribution < -0.4 is 15.4 Å². The van der Waals surface area contributed by atoms with Crippen molar-refractivity contribution in [2.75, 3.05) is 36.9 Å². The van der Waals surface area contributed by atoms with Crippen LogP contribution in [0.1, 0.15) is 19.3 Å². The number of nitrogens with zero attached hydrogens (tertiary/aromatic N) is 2. The zero-order valence-corrected chi connectivity index (χ0v) is 12.8. The molecule has 5 rings (SSSR count). The van der Waals surface area contributed by atoms with Gasteiger partial charge in [0.25, 0.3) is 0 Å². The van der Waals surface area contributed by atoms with Crippen molar-refractivity contribution < 1.29 is 9.47 Å². The molecule has 118 valence electrons. The lowest BCUT2D eigenvalue weighted by Crippen LogP contribution is -2.56. The van der Waals surface area contributed by atoms with E-state index in [0.717, 1.165) is 37.7 Å². The highest BCUT2D eigenvalue weighted by molar-refractivity contribution is 5.65. The lowest BCUT2D eigenvalue weighted by atomic mass is 10.1. The van der Waals surface area contributed by atoms with Gasteiger partial charge >= 0.3 is 0 Å². The van der Waals surface area contributed by atoms with Crippen LogP contribution in [0.4, 0.5) is 11.4 Å². The van der Waals surface area contributed by atoms with E-state index in [0.29, 0.717) is 24.2 Å². The second-order valence-corrected chi connectivity index (χ2v) is 7.13. The molecule has 5 nitrogen and oxygen atoms in total. The Hall–Kier alpha value is -1.46. The molecule has 4 aliphatic rings. The van der Waals surface area contributed by atoms with Crippen molar-refractivity contribution in [3.8, 4) is 5.75 Å². The van der Waals surface area contributed by atoms with Gasteiger partial charge in [0.2, 0.25) is 0 Å². The molecule has 5 heteroatoms. The molecule has 0 spiro atoms. The maximum atomic E-state index is 6.11. The van der Waals surface area contributed by atoms with Crippen LogP contribution in [0.5, 0.6) is 5.75 Å². The predicted octanol–water partition coefficient (Wildman–Crippen LogP) is 1.47. The average Bonchev–Trinajstić information content (AvgIpc) is 3.04. The fourth-order valence-electron chi connectivity index (χ4n) is 4.08. The lowest BCUT2D eigenvalue weighted by molar-refractivity contribution is -0.0708. The van der Waals surface area contributed by atoms with Gasteiger partial charge in [-0.25, -0.2) is 0 Å². The Balaban J connectivity index is 1.37. The molecule has 3 saturated heterocycles. The van der Waals surface area contributed by atoms with Gasteiger partial charge in [0.15, 0.2) is 0 Å². The van der Waals surface area contributed by atoms with Crippen LogP contribution in [0.2, 0.25) is 0 Å². The van der Waals surface area contributed by atoms with Gasteiger partial charge < -0.3 is 20.1 Å². The third kappa shape index (κ3) is 2.07. The molecule has 0 amide bonds. The monoisotopic (exact) mass is 301 g/mol. The van der Waals surface area contributed by atoms with Crippen molar-refractivity contribution in [2.24, 2.45) is 0 Å². The number of rotatable bonds is 4. The molecule has 3 aliphatic heterocycles. The molecule has 22 heavy (non-hydrogen) atoms. The van der Waals surface area contributed by atoms with Gasteiger partial charge in [-0.1, -0.05) is 0 Å². The van der Waals surface area contributed by atoms with Crippen LogP contribution in [-0.4, -0.2) is 55.4 Å². The Morgan fingerprint density at radius 1 is 1.09 bits per heavy atom. The van der Waals surface area contributed by atoms with Crippen molar-refractivity contribution in [1.29, 1.82) is 0 Å². The minimum absolute atomic E-state index is 0.406. The number of piperazine rings is 1. The second-order valence-electron chi connectivity index (χ2n) is 7.13. The molecule has 1 aromatic carbocycles. The number of hydrogen-bond acceptors (Lipinski definition) is 5. The highest BCUT2D eigenvalue weighted by Crippen LogP contribution is 2.42. The first-order chi connectivity index (χ1) is 10.8. The third-order valence-electron chi connectivity index (χ3n) is 5.48. The first-order valence-corrected chi connectivity index (χ1v) is 8.44. The molecule has 0 aromatic heterocycles. The maximum Gasteiger partial charge on any atom is 0.145 e. The zero-order chi connectivity index (χ0) is 14.7. The summed E-state index contributed by atoms with van der Waals surface area (Å²) in [5, 5.41) is 0. The van der Waals surface area contributed by atoms with Crippen LogP contribution >= 0.6 is 0 Å². The summed E-state index contributed by atoms with van der Waals surface area (Å²) in [4.78, 5) is 5.20. The van der Waals surface area contributed by atoms with Crippen molar-refractivity contribution in [2.45, 2.75) is 43.5 Å². The summed E-state index contributed by atoms with van der Waals surface area (Å²) in [5.74, 6) is 0.980. The van der Waals surface area contributed by atoms with Crippen LogP contribution in [0, 0.1) is 0 Å². The van der Waals surface area contributed by atoms with Crippen LogP contribution in [0.25, 0.3) is 0 Å². The largest absolute Gasteiger partial charge is 0.488 e. The molecule has 4 fully saturated rings. The van der Waals surface area contributed by atoms with E-state index in [9.17, 15) is 0 Å². The van der Waals surface area contributed by atoms with Gasteiger partial charge in [0, 0.05) is 36.9 Å². The second kappa shape index (κ2) is 4.77. The van der Waals surface area contributed by atoms with Gasteiger partial charge in [0.1, 0.15) is 5.75 Å². The molecule has 1 saturated carbocycles. The van der Waals surface area contributed by atoms with E-state index in [1.54, 1.807) is 0 Å². The van der Waals surface area contributed by atoms with Gasteiger partial charge in [-0.15, -0.1) is 0 Å². The smallest absolute Gasteiger partial charge is 0.145 e. The summed E-state index contributed by atoms with van der Waals surface area (Å²) in [5.41, 5.74) is 7.99. The Labute approximate surface area is 131 Å². The van der Waals surface area contributed by atoms with Crippen LogP contribution in [0.3, 0.4) is 0 Å².